The molecule has 0 fully saturated rings. The zero-order valence-corrected chi connectivity index (χ0v) is 22.6. The third-order valence-electron chi connectivity index (χ3n) is 5.85. The molecule has 0 radical (unpaired) electrons. The van der Waals surface area contributed by atoms with Gasteiger partial charge in [0.15, 0.2) is 0 Å². The van der Waals surface area contributed by atoms with E-state index < -0.39 is 42.6 Å². The predicted octanol–water partition coefficient (Wildman–Crippen LogP) is 1.87. The number of nitrogens with one attached hydrogen (secondary N) is 2. The molecule has 7 N–H and O–H groups in total. The van der Waals surface area contributed by atoms with Crippen LogP contribution in [0.25, 0.3) is 0 Å². The first-order chi connectivity index (χ1) is 15.6. The SMILES string of the molecule is CC.CCC(O)CC(O)C(CNC1C=CCC(O)C(O)C1O)NC(=O)CC(C)(C)CC(C)(C)C. The number of amides is 1. The minimum absolute atomic E-state index is 0.0723. The smallest absolute Gasteiger partial charge is 0.220 e. The van der Waals surface area contributed by atoms with Gasteiger partial charge in [0.2, 0.25) is 5.91 Å². The van der Waals surface area contributed by atoms with E-state index in [9.17, 15) is 30.3 Å². The van der Waals surface area contributed by atoms with Crippen molar-refractivity contribution >= 4 is 5.91 Å². The second-order valence-electron chi connectivity index (χ2n) is 11.3. The van der Waals surface area contributed by atoms with Crippen LogP contribution in [-0.4, -0.2) is 80.6 Å². The van der Waals surface area contributed by atoms with E-state index >= 15 is 0 Å². The van der Waals surface area contributed by atoms with E-state index in [2.05, 4.69) is 31.4 Å². The molecule has 0 aromatic heterocycles. The first-order valence-corrected chi connectivity index (χ1v) is 12.7. The lowest BCUT2D eigenvalue weighted by Gasteiger charge is -2.34. The summed E-state index contributed by atoms with van der Waals surface area (Å²) >= 11 is 0. The topological polar surface area (TPSA) is 142 Å². The molecule has 0 bridgehead atoms. The van der Waals surface area contributed by atoms with Crippen LogP contribution in [0.15, 0.2) is 12.2 Å². The molecule has 0 saturated heterocycles. The van der Waals surface area contributed by atoms with Gasteiger partial charge in [-0.1, -0.05) is 67.5 Å². The zero-order valence-electron chi connectivity index (χ0n) is 22.6. The van der Waals surface area contributed by atoms with Gasteiger partial charge in [0.25, 0.3) is 0 Å². The number of carbonyl (C=O) groups is 1. The normalized spacial score (nSPS) is 26.0. The summed E-state index contributed by atoms with van der Waals surface area (Å²) in [7, 11) is 0. The van der Waals surface area contributed by atoms with Gasteiger partial charge < -0.3 is 36.2 Å². The minimum Gasteiger partial charge on any atom is -0.393 e. The van der Waals surface area contributed by atoms with Crippen LogP contribution in [0.2, 0.25) is 0 Å². The van der Waals surface area contributed by atoms with E-state index in [0.717, 1.165) is 6.42 Å². The molecule has 8 nitrogen and oxygen atoms in total. The molecule has 0 spiro atoms. The monoisotopic (exact) mass is 488 g/mol. The lowest BCUT2D eigenvalue weighted by atomic mass is 9.74. The molecule has 1 amide bonds. The standard InChI is InChI=1S/C24H46N2O6.C2H6/c1-7-15(27)11-19(29)17(26-20(30)12-24(5,6)14-23(2,3)4)13-25-16-9-8-10-18(28)22(32)21(16)31;1-2/h8-9,15-19,21-22,25,27-29,31-32H,7,10-14H2,1-6H3,(H,26,30);1-2H3. The highest BCUT2D eigenvalue weighted by atomic mass is 16.4. The highest BCUT2D eigenvalue weighted by Gasteiger charge is 2.34. The van der Waals surface area contributed by atoms with Crippen LogP contribution in [0.5, 0.6) is 0 Å². The number of aliphatic hydroxyl groups excluding tert-OH is 5. The van der Waals surface area contributed by atoms with Crippen molar-refractivity contribution < 1.29 is 30.3 Å². The van der Waals surface area contributed by atoms with Crippen molar-refractivity contribution in [3.05, 3.63) is 12.2 Å². The van der Waals surface area contributed by atoms with Gasteiger partial charge in [0, 0.05) is 19.4 Å². The van der Waals surface area contributed by atoms with Gasteiger partial charge in [0.05, 0.1) is 30.4 Å². The van der Waals surface area contributed by atoms with E-state index in [-0.39, 0.29) is 36.1 Å². The maximum atomic E-state index is 12.8. The molecule has 1 aliphatic carbocycles. The Labute approximate surface area is 206 Å². The molecule has 34 heavy (non-hydrogen) atoms. The summed E-state index contributed by atoms with van der Waals surface area (Å²) in [6, 6.07) is -1.35. The third kappa shape index (κ3) is 12.6. The number of aliphatic hydroxyl groups is 5. The summed E-state index contributed by atoms with van der Waals surface area (Å²) < 4.78 is 0. The molecule has 0 heterocycles. The maximum Gasteiger partial charge on any atom is 0.220 e. The molecule has 0 saturated carbocycles. The van der Waals surface area contributed by atoms with Gasteiger partial charge in [-0.2, -0.15) is 0 Å². The molecule has 0 aliphatic heterocycles. The molecule has 202 valence electrons. The van der Waals surface area contributed by atoms with Crippen LogP contribution < -0.4 is 10.6 Å². The lowest BCUT2D eigenvalue weighted by Crippen LogP contribution is -2.55. The molecule has 7 unspecified atom stereocenters. The van der Waals surface area contributed by atoms with Crippen LogP contribution in [0, 0.1) is 10.8 Å². The van der Waals surface area contributed by atoms with Crippen molar-refractivity contribution in [2.24, 2.45) is 10.8 Å². The predicted molar refractivity (Wildman–Crippen MR) is 136 cm³/mol. The van der Waals surface area contributed by atoms with Crippen molar-refractivity contribution in [2.45, 2.75) is 130 Å². The first-order valence-electron chi connectivity index (χ1n) is 12.7. The number of carbonyl (C=O) groups excluding carboxylic acids is 1. The van der Waals surface area contributed by atoms with Crippen molar-refractivity contribution in [1.29, 1.82) is 0 Å². The van der Waals surface area contributed by atoms with Crippen molar-refractivity contribution in [1.82, 2.24) is 10.6 Å². The average molecular weight is 489 g/mol. The summed E-state index contributed by atoms with van der Waals surface area (Å²) in [5.74, 6) is -0.191. The van der Waals surface area contributed by atoms with Crippen LogP contribution in [0.3, 0.4) is 0 Å². The van der Waals surface area contributed by atoms with Crippen LogP contribution in [-0.2, 0) is 4.79 Å². The molecule has 0 aromatic rings. The fourth-order valence-corrected chi connectivity index (χ4v) is 4.59. The Hall–Kier alpha value is -1.03. The fourth-order valence-electron chi connectivity index (χ4n) is 4.59. The van der Waals surface area contributed by atoms with Crippen molar-refractivity contribution in [3.63, 3.8) is 0 Å². The van der Waals surface area contributed by atoms with Gasteiger partial charge in [-0.3, -0.25) is 4.79 Å². The maximum absolute atomic E-state index is 12.8. The van der Waals surface area contributed by atoms with Gasteiger partial charge >= 0.3 is 0 Å². The van der Waals surface area contributed by atoms with Gasteiger partial charge in [-0.15, -0.1) is 0 Å². The van der Waals surface area contributed by atoms with Gasteiger partial charge in [-0.25, -0.2) is 0 Å². The Morgan fingerprint density at radius 1 is 1.06 bits per heavy atom. The Morgan fingerprint density at radius 2 is 1.65 bits per heavy atom. The average Bonchev–Trinajstić information content (AvgIpc) is 2.83. The van der Waals surface area contributed by atoms with Crippen molar-refractivity contribution in [3.8, 4) is 0 Å². The first kappa shape index (κ1) is 33.0. The van der Waals surface area contributed by atoms with E-state index in [1.165, 1.54) is 0 Å². The van der Waals surface area contributed by atoms with Crippen LogP contribution in [0.1, 0.15) is 87.5 Å². The largest absolute Gasteiger partial charge is 0.393 e. The van der Waals surface area contributed by atoms with E-state index in [0.29, 0.717) is 12.8 Å². The minimum atomic E-state index is -1.31. The second kappa shape index (κ2) is 15.2. The Balaban J connectivity index is 0.00000529. The molecule has 0 aromatic carbocycles. The quantitative estimate of drug-likeness (QED) is 0.220. The van der Waals surface area contributed by atoms with E-state index in [1.54, 1.807) is 12.2 Å². The van der Waals surface area contributed by atoms with Crippen molar-refractivity contribution in [2.75, 3.05) is 6.54 Å². The summed E-state index contributed by atoms with van der Waals surface area (Å²) in [5, 5.41) is 56.9. The highest BCUT2D eigenvalue weighted by molar-refractivity contribution is 5.77. The van der Waals surface area contributed by atoms with Gasteiger partial charge in [-0.05, 0) is 30.1 Å². The number of rotatable bonds is 11. The Morgan fingerprint density at radius 3 is 2.18 bits per heavy atom. The Kier molecular flexibility index (Phi) is 14.7. The Bertz CT molecular complexity index is 605. The summed E-state index contributed by atoms with van der Waals surface area (Å²) in [6.45, 7) is 16.4. The lowest BCUT2D eigenvalue weighted by molar-refractivity contribution is -0.125. The molecule has 1 rings (SSSR count). The summed E-state index contributed by atoms with van der Waals surface area (Å²) in [5.41, 5.74) is -0.155. The number of hydrogen-bond acceptors (Lipinski definition) is 7. The fraction of sp³-hybridized carbons (Fsp3) is 0.885. The number of hydrogen-bond donors (Lipinski definition) is 7. The summed E-state index contributed by atoms with van der Waals surface area (Å²) in [4.78, 5) is 12.8. The summed E-state index contributed by atoms with van der Waals surface area (Å²) in [6.07, 6.45) is 0.0413. The molecule has 1 aliphatic rings. The van der Waals surface area contributed by atoms with Crippen LogP contribution in [0.4, 0.5) is 0 Å². The van der Waals surface area contributed by atoms with E-state index in [1.807, 2.05) is 34.6 Å². The molecular formula is C26H52N2O6. The molecule has 8 heteroatoms. The van der Waals surface area contributed by atoms with Crippen LogP contribution >= 0.6 is 0 Å². The van der Waals surface area contributed by atoms with Gasteiger partial charge in [0.1, 0.15) is 12.2 Å². The molecular weight excluding hydrogens is 436 g/mol. The van der Waals surface area contributed by atoms with E-state index in [4.69, 9.17) is 0 Å². The molecule has 7 atom stereocenters. The third-order valence-corrected chi connectivity index (χ3v) is 5.85. The zero-order chi connectivity index (χ0) is 26.7. The second-order valence-corrected chi connectivity index (χ2v) is 11.3. The highest BCUT2D eigenvalue weighted by Crippen LogP contribution is 2.35.